The van der Waals surface area contributed by atoms with Gasteiger partial charge in [0.15, 0.2) is 5.71 Å². The van der Waals surface area contributed by atoms with Gasteiger partial charge in [0.05, 0.1) is 18.7 Å². The first-order chi connectivity index (χ1) is 9.95. The maximum absolute atomic E-state index is 11.5. The Kier molecular flexibility index (Phi) is 4.02. The molecule has 0 spiro atoms. The molecule has 7 heteroatoms. The third-order valence-corrected chi connectivity index (χ3v) is 3.33. The summed E-state index contributed by atoms with van der Waals surface area (Å²) >= 11 is 0. The van der Waals surface area contributed by atoms with Crippen molar-refractivity contribution < 1.29 is 24.5 Å². The predicted octanol–water partition coefficient (Wildman–Crippen LogP) is 1.39. The Labute approximate surface area is 120 Å². The van der Waals surface area contributed by atoms with Crippen LogP contribution < -0.4 is 4.74 Å². The molecule has 0 radical (unpaired) electrons. The molecule has 110 valence electrons. The Hall–Kier alpha value is -2.70. The summed E-state index contributed by atoms with van der Waals surface area (Å²) in [4.78, 5) is 22.9. The quantitative estimate of drug-likeness (QED) is 0.871. The fourth-order valence-electron chi connectivity index (χ4n) is 2.34. The maximum atomic E-state index is 11.5. The molecule has 2 atom stereocenters. The van der Waals surface area contributed by atoms with Crippen LogP contribution in [-0.4, -0.2) is 40.7 Å². The van der Waals surface area contributed by atoms with Gasteiger partial charge in [-0.2, -0.15) is 5.10 Å². The second kappa shape index (κ2) is 5.74. The molecule has 2 rings (SSSR count). The highest BCUT2D eigenvalue weighted by Gasteiger charge is 2.41. The van der Waals surface area contributed by atoms with Crippen LogP contribution >= 0.6 is 0 Å². The van der Waals surface area contributed by atoms with Crippen LogP contribution in [0.2, 0.25) is 0 Å². The zero-order chi connectivity index (χ0) is 15.6. The number of hydrogen-bond acceptors (Lipinski definition) is 5. The van der Waals surface area contributed by atoms with Crippen LogP contribution in [0.25, 0.3) is 0 Å². The van der Waals surface area contributed by atoms with Crippen LogP contribution in [0.15, 0.2) is 34.5 Å². The molecule has 0 saturated heterocycles. The molecule has 21 heavy (non-hydrogen) atoms. The van der Waals surface area contributed by atoms with Gasteiger partial charge < -0.3 is 14.9 Å². The normalized spacial score (nSPS) is 21.2. The highest BCUT2D eigenvalue weighted by molar-refractivity contribution is 6.39. The first-order valence-electron chi connectivity index (χ1n) is 6.17. The number of carbonyl (C=O) groups is 2. The summed E-state index contributed by atoms with van der Waals surface area (Å²) in [6, 6.07) is 6.63. The van der Waals surface area contributed by atoms with E-state index in [4.69, 9.17) is 4.74 Å². The van der Waals surface area contributed by atoms with Gasteiger partial charge in [-0.15, -0.1) is 5.10 Å². The van der Waals surface area contributed by atoms with Gasteiger partial charge in [0, 0.05) is 0 Å². The van der Waals surface area contributed by atoms with Crippen molar-refractivity contribution in [2.75, 3.05) is 7.11 Å². The van der Waals surface area contributed by atoms with Crippen molar-refractivity contribution in [3.8, 4) is 5.75 Å². The minimum Gasteiger partial charge on any atom is -0.497 e. The van der Waals surface area contributed by atoms with Crippen molar-refractivity contribution >= 4 is 23.4 Å². The van der Waals surface area contributed by atoms with E-state index in [0.29, 0.717) is 11.3 Å². The van der Waals surface area contributed by atoms with Crippen LogP contribution in [0.3, 0.4) is 0 Å². The number of nitrogens with zero attached hydrogens (tertiary/aromatic N) is 2. The highest BCUT2D eigenvalue weighted by Crippen LogP contribution is 2.33. The fourth-order valence-corrected chi connectivity index (χ4v) is 2.34. The Balaban J connectivity index is 2.58. The summed E-state index contributed by atoms with van der Waals surface area (Å²) in [5, 5.41) is 26.0. The molecule has 1 aromatic rings. The SMILES string of the molecule is COc1cccc(C2C(C(=O)O)=NN=C(C)C2C(=O)O)c1. The number of hydrogen-bond donors (Lipinski definition) is 2. The van der Waals surface area contributed by atoms with Crippen LogP contribution in [0.5, 0.6) is 5.75 Å². The van der Waals surface area contributed by atoms with E-state index in [1.165, 1.54) is 14.0 Å². The number of carboxylic acids is 2. The molecular formula is C14H14N2O5. The van der Waals surface area contributed by atoms with E-state index in [1.807, 2.05) is 0 Å². The van der Waals surface area contributed by atoms with Gasteiger partial charge in [0.25, 0.3) is 0 Å². The Morgan fingerprint density at radius 1 is 1.24 bits per heavy atom. The van der Waals surface area contributed by atoms with Crippen LogP contribution in [0.1, 0.15) is 18.4 Å². The standard InChI is InChI=1S/C14H14N2O5/c1-7-10(13(17)18)11(12(14(19)20)16-15-7)8-4-3-5-9(6-8)21-2/h3-6,10-11H,1-2H3,(H,17,18)(H,19,20). The van der Waals surface area contributed by atoms with Gasteiger partial charge in [-0.3, -0.25) is 4.79 Å². The molecule has 0 saturated carbocycles. The van der Waals surface area contributed by atoms with Crippen LogP contribution in [-0.2, 0) is 9.59 Å². The van der Waals surface area contributed by atoms with Gasteiger partial charge in [0.1, 0.15) is 11.7 Å². The largest absolute Gasteiger partial charge is 0.497 e. The van der Waals surface area contributed by atoms with Gasteiger partial charge in [0.2, 0.25) is 0 Å². The Morgan fingerprint density at radius 2 is 1.95 bits per heavy atom. The average Bonchev–Trinajstić information content (AvgIpc) is 2.46. The topological polar surface area (TPSA) is 109 Å². The maximum Gasteiger partial charge on any atom is 0.352 e. The molecule has 0 aromatic heterocycles. The summed E-state index contributed by atoms with van der Waals surface area (Å²) in [6.07, 6.45) is 0. The third-order valence-electron chi connectivity index (χ3n) is 3.33. The van der Waals surface area contributed by atoms with E-state index in [1.54, 1.807) is 24.3 Å². The van der Waals surface area contributed by atoms with E-state index < -0.39 is 23.8 Å². The van der Waals surface area contributed by atoms with Crippen LogP contribution in [0.4, 0.5) is 0 Å². The number of aliphatic carboxylic acids is 2. The van der Waals surface area contributed by atoms with Gasteiger partial charge in [-0.25, -0.2) is 4.79 Å². The monoisotopic (exact) mass is 290 g/mol. The van der Waals surface area contributed by atoms with E-state index in [0.717, 1.165) is 0 Å². The number of benzene rings is 1. The van der Waals surface area contributed by atoms with E-state index in [9.17, 15) is 19.8 Å². The number of carboxylic acid groups (broad SMARTS) is 2. The molecular weight excluding hydrogens is 276 g/mol. The lowest BCUT2D eigenvalue weighted by atomic mass is 9.79. The molecule has 1 aromatic carbocycles. The highest BCUT2D eigenvalue weighted by atomic mass is 16.5. The summed E-state index contributed by atoms with van der Waals surface area (Å²) in [5.74, 6) is -3.89. The lowest BCUT2D eigenvalue weighted by molar-refractivity contribution is -0.139. The second-order valence-corrected chi connectivity index (χ2v) is 4.60. The van der Waals surface area contributed by atoms with Gasteiger partial charge in [-0.1, -0.05) is 12.1 Å². The second-order valence-electron chi connectivity index (χ2n) is 4.60. The number of ether oxygens (including phenoxy) is 1. The third kappa shape index (κ3) is 2.76. The van der Waals surface area contributed by atoms with E-state index in [-0.39, 0.29) is 11.4 Å². The first kappa shape index (κ1) is 14.7. The van der Waals surface area contributed by atoms with Gasteiger partial charge >= 0.3 is 11.9 Å². The lowest BCUT2D eigenvalue weighted by Gasteiger charge is -2.26. The minimum absolute atomic E-state index is 0.264. The predicted molar refractivity (Wildman–Crippen MR) is 75.0 cm³/mol. The minimum atomic E-state index is -1.29. The number of methoxy groups -OCH3 is 1. The summed E-state index contributed by atoms with van der Waals surface area (Å²) < 4.78 is 5.10. The lowest BCUT2D eigenvalue weighted by Crippen LogP contribution is -2.38. The zero-order valence-corrected chi connectivity index (χ0v) is 11.5. The fraction of sp³-hybridized carbons (Fsp3) is 0.286. The molecule has 2 unspecified atom stereocenters. The average molecular weight is 290 g/mol. The van der Waals surface area contributed by atoms with Crippen LogP contribution in [0, 0.1) is 5.92 Å². The zero-order valence-electron chi connectivity index (χ0n) is 11.5. The van der Waals surface area contributed by atoms with Crippen molar-refractivity contribution in [3.05, 3.63) is 29.8 Å². The first-order valence-corrected chi connectivity index (χ1v) is 6.17. The molecule has 1 heterocycles. The van der Waals surface area contributed by atoms with Crippen molar-refractivity contribution in [1.29, 1.82) is 0 Å². The Bertz CT molecular complexity index is 651. The summed E-state index contributed by atoms with van der Waals surface area (Å²) in [7, 11) is 1.48. The van der Waals surface area contributed by atoms with E-state index in [2.05, 4.69) is 10.2 Å². The van der Waals surface area contributed by atoms with Gasteiger partial charge in [-0.05, 0) is 24.6 Å². The molecule has 0 aliphatic carbocycles. The van der Waals surface area contributed by atoms with Crippen molar-refractivity contribution in [3.63, 3.8) is 0 Å². The molecule has 0 bridgehead atoms. The molecule has 1 aliphatic rings. The summed E-state index contributed by atoms with van der Waals surface area (Å²) in [6.45, 7) is 1.52. The molecule has 2 N–H and O–H groups in total. The van der Waals surface area contributed by atoms with E-state index >= 15 is 0 Å². The molecule has 1 aliphatic heterocycles. The number of rotatable bonds is 4. The van der Waals surface area contributed by atoms with Crippen molar-refractivity contribution in [2.45, 2.75) is 12.8 Å². The van der Waals surface area contributed by atoms with Crippen molar-refractivity contribution in [1.82, 2.24) is 0 Å². The summed E-state index contributed by atoms with van der Waals surface area (Å²) in [5.41, 5.74) is 0.485. The molecule has 0 fully saturated rings. The molecule has 0 amide bonds. The Morgan fingerprint density at radius 3 is 2.52 bits per heavy atom. The van der Waals surface area contributed by atoms with Crippen molar-refractivity contribution in [2.24, 2.45) is 16.1 Å². The molecule has 7 nitrogen and oxygen atoms in total. The smallest absolute Gasteiger partial charge is 0.352 e.